The zero-order chi connectivity index (χ0) is 49.5. The molecule has 0 bridgehead atoms. The molecule has 0 heterocycles. The second-order valence-corrected chi connectivity index (χ2v) is 18.6. The van der Waals surface area contributed by atoms with Gasteiger partial charge >= 0.3 is 0 Å². The van der Waals surface area contributed by atoms with E-state index in [0.29, 0.717) is 0 Å². The molecular weight excluding hydrogens is 893 g/mol. The van der Waals surface area contributed by atoms with Gasteiger partial charge in [-0.15, -0.1) is 0 Å². The summed E-state index contributed by atoms with van der Waals surface area (Å²) >= 11 is 0. The monoisotopic (exact) mass is 944 g/mol. The molecule has 350 valence electrons. The molecule has 0 fully saturated rings. The van der Waals surface area contributed by atoms with E-state index in [1.165, 1.54) is 44.5 Å². The van der Waals surface area contributed by atoms with Crippen molar-refractivity contribution in [1.82, 2.24) is 0 Å². The van der Waals surface area contributed by atoms with Gasteiger partial charge in [0.1, 0.15) is 0 Å². The van der Waals surface area contributed by atoms with Gasteiger partial charge < -0.3 is 9.80 Å². The molecule has 2 heteroatoms. The van der Waals surface area contributed by atoms with Crippen molar-refractivity contribution < 1.29 is 0 Å². The van der Waals surface area contributed by atoms with E-state index < -0.39 is 0 Å². The van der Waals surface area contributed by atoms with Crippen molar-refractivity contribution in [3.63, 3.8) is 0 Å². The molecule has 0 unspecified atom stereocenters. The van der Waals surface area contributed by atoms with Crippen molar-refractivity contribution in [1.29, 1.82) is 0 Å². The third kappa shape index (κ3) is 9.81. The van der Waals surface area contributed by atoms with E-state index in [2.05, 4.69) is 325 Å². The lowest BCUT2D eigenvalue weighted by molar-refractivity contribution is 1.28. The zero-order valence-electron chi connectivity index (χ0n) is 40.9. The molecule has 12 aromatic rings. The van der Waals surface area contributed by atoms with Crippen LogP contribution in [-0.2, 0) is 0 Å². The fourth-order valence-corrected chi connectivity index (χ4v) is 10.0. The van der Waals surface area contributed by atoms with Gasteiger partial charge in [0.25, 0.3) is 0 Å². The lowest BCUT2D eigenvalue weighted by atomic mass is 9.97. The smallest absolute Gasteiger partial charge is 0.0473 e. The first-order chi connectivity index (χ1) is 36.7. The van der Waals surface area contributed by atoms with Crippen LogP contribution in [0, 0.1) is 0 Å². The SMILES string of the molecule is c1ccc(-c2ccc(N(c3ccc(-c4ccc(N(c5ccc(-c6ccccc6)cc5)c5cc(-c6ccccc6)cc(-c6ccccc6)c5)cc4)cc3)c3cc(-c4ccccc4)cc(-c4ccccc4)c3)cc2)cc1. The Balaban J connectivity index is 0.935. The van der Waals surface area contributed by atoms with Crippen LogP contribution in [0.25, 0.3) is 77.9 Å². The van der Waals surface area contributed by atoms with Crippen molar-refractivity contribution >= 4 is 34.1 Å². The molecule has 74 heavy (non-hydrogen) atoms. The topological polar surface area (TPSA) is 6.48 Å². The standard InChI is InChI=1S/C72H52N2/c1-7-19-53(20-8-1)59-31-39-67(40-32-59)73(71-49-63(55-23-11-3-12-24-55)47-64(50-71)56-25-13-4-14-26-56)69-43-35-61(36-44-69)62-37-45-70(46-38-62)74(68-41-33-60(34-42-68)54-21-9-2-10-22-54)72-51-65(57-27-15-5-16-28-57)48-66(52-72)58-29-17-6-18-30-58/h1-52H. The molecular formula is C72H52N2. The van der Waals surface area contributed by atoms with Gasteiger partial charge in [0.15, 0.2) is 0 Å². The summed E-state index contributed by atoms with van der Waals surface area (Å²) in [5.41, 5.74) is 22.8. The lowest BCUT2D eigenvalue weighted by Gasteiger charge is -2.28. The Morgan fingerprint density at radius 1 is 0.122 bits per heavy atom. The van der Waals surface area contributed by atoms with E-state index >= 15 is 0 Å². The molecule has 0 saturated carbocycles. The second-order valence-electron chi connectivity index (χ2n) is 18.6. The van der Waals surface area contributed by atoms with E-state index in [1.54, 1.807) is 0 Å². The van der Waals surface area contributed by atoms with Crippen LogP contribution in [0.1, 0.15) is 0 Å². The number of hydrogen-bond acceptors (Lipinski definition) is 2. The van der Waals surface area contributed by atoms with E-state index in [9.17, 15) is 0 Å². The van der Waals surface area contributed by atoms with Crippen molar-refractivity contribution in [2.45, 2.75) is 0 Å². The highest BCUT2D eigenvalue weighted by molar-refractivity contribution is 5.88. The molecule has 12 aromatic carbocycles. The van der Waals surface area contributed by atoms with Gasteiger partial charge in [-0.3, -0.25) is 0 Å². The number of rotatable bonds is 13. The fraction of sp³-hybridized carbons (Fsp3) is 0. The van der Waals surface area contributed by atoms with Crippen molar-refractivity contribution in [2.75, 3.05) is 9.80 Å². The molecule has 0 aromatic heterocycles. The lowest BCUT2D eigenvalue weighted by Crippen LogP contribution is -2.10. The molecule has 12 rings (SSSR count). The van der Waals surface area contributed by atoms with E-state index in [-0.39, 0.29) is 0 Å². The van der Waals surface area contributed by atoms with Crippen LogP contribution >= 0.6 is 0 Å². The molecule has 0 radical (unpaired) electrons. The average Bonchev–Trinajstić information content (AvgIpc) is 3.49. The number of nitrogens with zero attached hydrogens (tertiary/aromatic N) is 2. The summed E-state index contributed by atoms with van der Waals surface area (Å²) in [7, 11) is 0. The summed E-state index contributed by atoms with van der Waals surface area (Å²) in [5, 5.41) is 0. The van der Waals surface area contributed by atoms with Crippen LogP contribution < -0.4 is 9.80 Å². The van der Waals surface area contributed by atoms with Gasteiger partial charge in [-0.25, -0.2) is 0 Å². The van der Waals surface area contributed by atoms with E-state index in [0.717, 1.165) is 67.5 Å². The first-order valence-corrected chi connectivity index (χ1v) is 25.3. The quantitative estimate of drug-likeness (QED) is 0.114. The first kappa shape index (κ1) is 45.4. The molecule has 0 aliphatic carbocycles. The normalized spacial score (nSPS) is 11.0. The molecule has 0 spiro atoms. The number of anilines is 6. The Kier molecular flexibility index (Phi) is 12.8. The molecule has 0 saturated heterocycles. The van der Waals surface area contributed by atoms with Crippen LogP contribution in [-0.4, -0.2) is 0 Å². The zero-order valence-corrected chi connectivity index (χ0v) is 40.9. The van der Waals surface area contributed by atoms with Gasteiger partial charge in [-0.2, -0.15) is 0 Å². The third-order valence-electron chi connectivity index (χ3n) is 13.8. The Labute approximate surface area is 435 Å². The maximum absolute atomic E-state index is 2.38. The second kappa shape index (κ2) is 20.9. The minimum absolute atomic E-state index is 1.07. The van der Waals surface area contributed by atoms with Crippen LogP contribution in [0.3, 0.4) is 0 Å². The third-order valence-corrected chi connectivity index (χ3v) is 13.8. The molecule has 0 aliphatic heterocycles. The highest BCUT2D eigenvalue weighted by atomic mass is 15.1. The summed E-state index contributed by atoms with van der Waals surface area (Å²) in [4.78, 5) is 4.77. The average molecular weight is 945 g/mol. The molecule has 0 amide bonds. The number of benzene rings is 12. The van der Waals surface area contributed by atoms with Crippen molar-refractivity contribution in [2.24, 2.45) is 0 Å². The summed E-state index contributed by atoms with van der Waals surface area (Å²) in [6.07, 6.45) is 0. The van der Waals surface area contributed by atoms with Crippen LogP contribution in [0.2, 0.25) is 0 Å². The molecule has 0 N–H and O–H groups in total. The minimum atomic E-state index is 1.07. The summed E-state index contributed by atoms with van der Waals surface area (Å²) in [6, 6.07) is 114. The number of hydrogen-bond donors (Lipinski definition) is 0. The van der Waals surface area contributed by atoms with Crippen molar-refractivity contribution in [3.8, 4) is 77.9 Å². The van der Waals surface area contributed by atoms with Crippen LogP contribution in [0.15, 0.2) is 315 Å². The van der Waals surface area contributed by atoms with Crippen molar-refractivity contribution in [3.05, 3.63) is 315 Å². The Morgan fingerprint density at radius 2 is 0.284 bits per heavy atom. The predicted octanol–water partition coefficient (Wildman–Crippen LogP) is 20.3. The van der Waals surface area contributed by atoms with Crippen LogP contribution in [0.5, 0.6) is 0 Å². The summed E-state index contributed by atoms with van der Waals surface area (Å²) in [5.74, 6) is 0. The Hall–Kier alpha value is -9.76. The van der Waals surface area contributed by atoms with E-state index in [1.807, 2.05) is 0 Å². The molecule has 2 nitrogen and oxygen atoms in total. The van der Waals surface area contributed by atoms with Crippen LogP contribution in [0.4, 0.5) is 34.1 Å². The predicted molar refractivity (Wildman–Crippen MR) is 314 cm³/mol. The van der Waals surface area contributed by atoms with Gasteiger partial charge in [0, 0.05) is 34.1 Å². The minimum Gasteiger partial charge on any atom is -0.310 e. The van der Waals surface area contributed by atoms with E-state index in [4.69, 9.17) is 0 Å². The Bertz CT molecular complexity index is 3380. The maximum Gasteiger partial charge on any atom is 0.0473 e. The molecule has 0 aliphatic rings. The largest absolute Gasteiger partial charge is 0.310 e. The highest BCUT2D eigenvalue weighted by Crippen LogP contribution is 2.43. The van der Waals surface area contributed by atoms with Gasteiger partial charge in [0.05, 0.1) is 0 Å². The molecule has 0 atom stereocenters. The van der Waals surface area contributed by atoms with Gasteiger partial charge in [-0.05, 0) is 163 Å². The fourth-order valence-electron chi connectivity index (χ4n) is 10.0. The Morgan fingerprint density at radius 3 is 0.473 bits per heavy atom. The summed E-state index contributed by atoms with van der Waals surface area (Å²) < 4.78 is 0. The van der Waals surface area contributed by atoms with Gasteiger partial charge in [0.2, 0.25) is 0 Å². The maximum atomic E-state index is 2.38. The first-order valence-electron chi connectivity index (χ1n) is 25.3. The highest BCUT2D eigenvalue weighted by Gasteiger charge is 2.19. The summed E-state index contributed by atoms with van der Waals surface area (Å²) in [6.45, 7) is 0. The van der Waals surface area contributed by atoms with Gasteiger partial charge in [-0.1, -0.05) is 231 Å².